The Morgan fingerprint density at radius 1 is 1.47 bits per heavy atom. The van der Waals surface area contributed by atoms with E-state index < -0.39 is 0 Å². The summed E-state index contributed by atoms with van der Waals surface area (Å²) in [6.07, 6.45) is 3.27. The fourth-order valence-corrected chi connectivity index (χ4v) is 2.69. The molecule has 0 radical (unpaired) electrons. The first-order valence-corrected chi connectivity index (χ1v) is 7.02. The molecule has 1 saturated carbocycles. The van der Waals surface area contributed by atoms with Crippen LogP contribution in [0.3, 0.4) is 0 Å². The number of rotatable bonds is 5. The van der Waals surface area contributed by atoms with Crippen LogP contribution in [0.5, 0.6) is 0 Å². The molecule has 0 aromatic heterocycles. The molecule has 0 bridgehead atoms. The Bertz CT molecular complexity index is 401. The molecule has 1 atom stereocenters. The SMILES string of the molecule is CCNC(Cc1cc(Br)ccc1F)C1(C)CC1. The molecule has 0 heterocycles. The zero-order chi connectivity index (χ0) is 12.5. The van der Waals surface area contributed by atoms with E-state index in [-0.39, 0.29) is 5.82 Å². The maximum absolute atomic E-state index is 13.7. The number of benzene rings is 1. The smallest absolute Gasteiger partial charge is 0.126 e. The molecule has 1 aliphatic rings. The highest BCUT2D eigenvalue weighted by molar-refractivity contribution is 9.10. The molecule has 94 valence electrons. The number of likely N-dealkylation sites (N-methyl/N-ethyl adjacent to an activating group) is 1. The van der Waals surface area contributed by atoms with E-state index in [1.807, 2.05) is 6.07 Å². The van der Waals surface area contributed by atoms with Gasteiger partial charge in [-0.05, 0) is 55.0 Å². The molecule has 2 rings (SSSR count). The number of nitrogens with one attached hydrogen (secondary N) is 1. The quantitative estimate of drug-likeness (QED) is 0.869. The first-order chi connectivity index (χ1) is 8.05. The van der Waals surface area contributed by atoms with Crippen LogP contribution in [0.1, 0.15) is 32.3 Å². The Kier molecular flexibility index (Phi) is 3.88. The summed E-state index contributed by atoms with van der Waals surface area (Å²) < 4.78 is 14.7. The average Bonchev–Trinajstić information content (AvgIpc) is 3.02. The van der Waals surface area contributed by atoms with Gasteiger partial charge in [-0.15, -0.1) is 0 Å². The van der Waals surface area contributed by atoms with E-state index in [9.17, 15) is 4.39 Å². The Hall–Kier alpha value is -0.410. The maximum atomic E-state index is 13.7. The van der Waals surface area contributed by atoms with Crippen molar-refractivity contribution in [1.82, 2.24) is 5.32 Å². The molecule has 1 nitrogen and oxygen atoms in total. The Morgan fingerprint density at radius 3 is 2.76 bits per heavy atom. The topological polar surface area (TPSA) is 12.0 Å². The Balaban J connectivity index is 2.14. The zero-order valence-corrected chi connectivity index (χ0v) is 12.0. The average molecular weight is 300 g/mol. The van der Waals surface area contributed by atoms with Crippen LogP contribution in [0.2, 0.25) is 0 Å². The molecule has 1 aliphatic carbocycles. The lowest BCUT2D eigenvalue weighted by molar-refractivity contribution is 0.356. The van der Waals surface area contributed by atoms with Crippen LogP contribution >= 0.6 is 15.9 Å². The molecule has 1 fully saturated rings. The zero-order valence-electron chi connectivity index (χ0n) is 10.4. The van der Waals surface area contributed by atoms with Gasteiger partial charge in [0.05, 0.1) is 0 Å². The molecule has 0 spiro atoms. The molecular weight excluding hydrogens is 281 g/mol. The maximum Gasteiger partial charge on any atom is 0.126 e. The summed E-state index contributed by atoms with van der Waals surface area (Å²) in [5.41, 5.74) is 1.17. The molecular formula is C14H19BrFN. The predicted molar refractivity (Wildman–Crippen MR) is 72.6 cm³/mol. The van der Waals surface area contributed by atoms with Gasteiger partial charge in [0.25, 0.3) is 0 Å². The van der Waals surface area contributed by atoms with Crippen LogP contribution < -0.4 is 5.32 Å². The minimum absolute atomic E-state index is 0.0969. The van der Waals surface area contributed by atoms with Gasteiger partial charge in [0.1, 0.15) is 5.82 Å². The van der Waals surface area contributed by atoms with Crippen molar-refractivity contribution >= 4 is 15.9 Å². The second-order valence-electron chi connectivity index (χ2n) is 5.20. The fourth-order valence-electron chi connectivity index (χ4n) is 2.28. The third kappa shape index (κ3) is 3.08. The summed E-state index contributed by atoms with van der Waals surface area (Å²) >= 11 is 3.40. The lowest BCUT2D eigenvalue weighted by Crippen LogP contribution is -2.38. The van der Waals surface area contributed by atoms with E-state index in [0.717, 1.165) is 23.0 Å². The normalized spacial score (nSPS) is 19.1. The minimum Gasteiger partial charge on any atom is -0.313 e. The number of hydrogen-bond donors (Lipinski definition) is 1. The van der Waals surface area contributed by atoms with E-state index in [1.165, 1.54) is 18.9 Å². The van der Waals surface area contributed by atoms with Crippen molar-refractivity contribution in [1.29, 1.82) is 0 Å². The third-order valence-electron chi connectivity index (χ3n) is 3.76. The van der Waals surface area contributed by atoms with E-state index in [2.05, 4.69) is 35.1 Å². The second kappa shape index (κ2) is 5.07. The summed E-state index contributed by atoms with van der Waals surface area (Å²) in [6, 6.07) is 5.57. The molecule has 0 amide bonds. The van der Waals surface area contributed by atoms with E-state index in [1.54, 1.807) is 6.07 Å². The molecule has 1 N–H and O–H groups in total. The first-order valence-electron chi connectivity index (χ1n) is 6.22. The van der Waals surface area contributed by atoms with Crippen molar-refractivity contribution in [2.75, 3.05) is 6.54 Å². The summed E-state index contributed by atoms with van der Waals surface area (Å²) in [4.78, 5) is 0. The van der Waals surface area contributed by atoms with Crippen LogP contribution in [-0.4, -0.2) is 12.6 Å². The van der Waals surface area contributed by atoms with E-state index >= 15 is 0 Å². The van der Waals surface area contributed by atoms with Crippen molar-refractivity contribution in [2.24, 2.45) is 5.41 Å². The number of hydrogen-bond acceptors (Lipinski definition) is 1. The summed E-state index contributed by atoms with van der Waals surface area (Å²) in [5.74, 6) is -0.0969. The van der Waals surface area contributed by atoms with Crippen LogP contribution in [-0.2, 0) is 6.42 Å². The van der Waals surface area contributed by atoms with Gasteiger partial charge >= 0.3 is 0 Å². The Labute approximate surface area is 111 Å². The molecule has 0 aliphatic heterocycles. The van der Waals surface area contributed by atoms with Gasteiger partial charge < -0.3 is 5.32 Å². The summed E-state index contributed by atoms with van der Waals surface area (Å²) in [6.45, 7) is 5.34. The van der Waals surface area contributed by atoms with Crippen LogP contribution in [0, 0.1) is 11.2 Å². The molecule has 3 heteroatoms. The molecule has 17 heavy (non-hydrogen) atoms. The van der Waals surface area contributed by atoms with Crippen molar-refractivity contribution in [2.45, 2.75) is 39.2 Å². The highest BCUT2D eigenvalue weighted by Crippen LogP contribution is 2.49. The molecule has 0 saturated heterocycles. The van der Waals surface area contributed by atoms with Crippen molar-refractivity contribution in [3.8, 4) is 0 Å². The van der Waals surface area contributed by atoms with E-state index in [4.69, 9.17) is 0 Å². The predicted octanol–water partition coefficient (Wildman–Crippen LogP) is 3.91. The van der Waals surface area contributed by atoms with Crippen molar-refractivity contribution < 1.29 is 4.39 Å². The van der Waals surface area contributed by atoms with Crippen LogP contribution in [0.4, 0.5) is 4.39 Å². The molecule has 1 unspecified atom stereocenters. The molecule has 1 aromatic carbocycles. The monoisotopic (exact) mass is 299 g/mol. The highest BCUT2D eigenvalue weighted by atomic mass is 79.9. The van der Waals surface area contributed by atoms with Gasteiger partial charge in [-0.2, -0.15) is 0 Å². The first kappa shape index (κ1) is 13.0. The summed E-state index contributed by atoms with van der Waals surface area (Å²) in [7, 11) is 0. The van der Waals surface area contributed by atoms with Gasteiger partial charge in [0.15, 0.2) is 0 Å². The van der Waals surface area contributed by atoms with Gasteiger partial charge in [0, 0.05) is 10.5 Å². The van der Waals surface area contributed by atoms with Crippen LogP contribution in [0.15, 0.2) is 22.7 Å². The van der Waals surface area contributed by atoms with Crippen LogP contribution in [0.25, 0.3) is 0 Å². The van der Waals surface area contributed by atoms with Crippen molar-refractivity contribution in [3.63, 3.8) is 0 Å². The number of halogens is 2. The lowest BCUT2D eigenvalue weighted by atomic mass is 9.92. The van der Waals surface area contributed by atoms with Gasteiger partial charge in [0.2, 0.25) is 0 Å². The Morgan fingerprint density at radius 2 is 2.18 bits per heavy atom. The summed E-state index contributed by atoms with van der Waals surface area (Å²) in [5, 5.41) is 3.50. The fraction of sp³-hybridized carbons (Fsp3) is 0.571. The van der Waals surface area contributed by atoms with Gasteiger partial charge in [-0.25, -0.2) is 4.39 Å². The largest absolute Gasteiger partial charge is 0.313 e. The van der Waals surface area contributed by atoms with Gasteiger partial charge in [-0.1, -0.05) is 29.8 Å². The standard InChI is InChI=1S/C14H19BrFN/c1-3-17-13(14(2)6-7-14)9-10-8-11(15)4-5-12(10)16/h4-5,8,13,17H,3,6-7,9H2,1-2H3. The lowest BCUT2D eigenvalue weighted by Gasteiger charge is -2.24. The highest BCUT2D eigenvalue weighted by Gasteiger charge is 2.44. The minimum atomic E-state index is -0.0969. The molecule has 1 aromatic rings. The van der Waals surface area contributed by atoms with E-state index in [0.29, 0.717) is 11.5 Å². The third-order valence-corrected chi connectivity index (χ3v) is 4.26. The van der Waals surface area contributed by atoms with Crippen molar-refractivity contribution in [3.05, 3.63) is 34.1 Å². The second-order valence-corrected chi connectivity index (χ2v) is 6.12. The van der Waals surface area contributed by atoms with Gasteiger partial charge in [-0.3, -0.25) is 0 Å².